The quantitative estimate of drug-likeness (QED) is 0.841. The Morgan fingerprint density at radius 2 is 2.09 bits per heavy atom. The number of nitrogens with two attached hydrogens (primary N) is 1. The second-order valence-corrected chi connectivity index (χ2v) is 5.90. The van der Waals surface area contributed by atoms with Gasteiger partial charge in [-0.2, -0.15) is 0 Å². The number of carbonyl (C=O) groups is 1. The lowest BCUT2D eigenvalue weighted by Gasteiger charge is -2.22. The minimum atomic E-state index is -0.174. The first-order valence-electron chi connectivity index (χ1n) is 7.90. The summed E-state index contributed by atoms with van der Waals surface area (Å²) in [5, 5.41) is 2.90. The average molecular weight is 327 g/mol. The van der Waals surface area contributed by atoms with Gasteiger partial charge in [-0.1, -0.05) is 38.3 Å². The smallest absolute Gasteiger partial charge is 0.228 e. The molecule has 0 aliphatic heterocycles. The molecule has 0 heterocycles. The molecule has 0 radical (unpaired) electrons. The van der Waals surface area contributed by atoms with Gasteiger partial charge >= 0.3 is 0 Å². The Labute approximate surface area is 139 Å². The predicted molar refractivity (Wildman–Crippen MR) is 92.2 cm³/mol. The first-order chi connectivity index (χ1) is 10.2. The summed E-state index contributed by atoms with van der Waals surface area (Å²) in [4.78, 5) is 11.8. The van der Waals surface area contributed by atoms with Crippen LogP contribution in [-0.2, 0) is 16.1 Å². The van der Waals surface area contributed by atoms with E-state index in [-0.39, 0.29) is 24.2 Å². The molecule has 1 aromatic carbocycles. The van der Waals surface area contributed by atoms with Crippen LogP contribution in [0.3, 0.4) is 0 Å². The van der Waals surface area contributed by atoms with E-state index in [2.05, 4.69) is 5.32 Å². The van der Waals surface area contributed by atoms with Crippen LogP contribution in [0.1, 0.15) is 44.6 Å². The van der Waals surface area contributed by atoms with E-state index >= 15 is 0 Å². The zero-order valence-electron chi connectivity index (χ0n) is 13.2. The van der Waals surface area contributed by atoms with E-state index < -0.39 is 0 Å². The highest BCUT2D eigenvalue weighted by Crippen LogP contribution is 2.22. The lowest BCUT2D eigenvalue weighted by molar-refractivity contribution is -0.119. The van der Waals surface area contributed by atoms with Gasteiger partial charge in [-0.3, -0.25) is 4.79 Å². The van der Waals surface area contributed by atoms with Crippen molar-refractivity contribution >= 4 is 24.0 Å². The van der Waals surface area contributed by atoms with E-state index in [4.69, 9.17) is 10.5 Å². The van der Waals surface area contributed by atoms with Gasteiger partial charge in [-0.25, -0.2) is 0 Å². The Hall–Kier alpha value is -1.10. The van der Waals surface area contributed by atoms with Gasteiger partial charge in [-0.15, -0.1) is 12.4 Å². The van der Waals surface area contributed by atoms with Crippen LogP contribution in [0.25, 0.3) is 0 Å². The molecule has 4 nitrogen and oxygen atoms in total. The first kappa shape index (κ1) is 18.9. The molecule has 5 heteroatoms. The summed E-state index contributed by atoms with van der Waals surface area (Å²) >= 11 is 0. The number of halogens is 1. The number of rotatable bonds is 6. The highest BCUT2D eigenvalue weighted by Gasteiger charge is 2.14. The maximum atomic E-state index is 11.8. The van der Waals surface area contributed by atoms with E-state index in [1.165, 1.54) is 32.1 Å². The van der Waals surface area contributed by atoms with Gasteiger partial charge in [0.1, 0.15) is 0 Å². The molecule has 1 aliphatic carbocycles. The van der Waals surface area contributed by atoms with Crippen LogP contribution in [0.4, 0.5) is 5.69 Å². The van der Waals surface area contributed by atoms with Crippen molar-refractivity contribution in [3.63, 3.8) is 0 Å². The van der Waals surface area contributed by atoms with E-state index in [0.29, 0.717) is 19.3 Å². The van der Waals surface area contributed by atoms with Gasteiger partial charge in [0.2, 0.25) is 5.91 Å². The van der Waals surface area contributed by atoms with Crippen LogP contribution in [0.15, 0.2) is 24.3 Å². The van der Waals surface area contributed by atoms with Gasteiger partial charge < -0.3 is 15.8 Å². The van der Waals surface area contributed by atoms with Crippen molar-refractivity contribution in [3.05, 3.63) is 29.8 Å². The maximum Gasteiger partial charge on any atom is 0.228 e. The molecule has 2 rings (SSSR count). The van der Waals surface area contributed by atoms with Crippen LogP contribution in [0, 0.1) is 5.92 Å². The Balaban J connectivity index is 0.00000242. The Morgan fingerprint density at radius 1 is 1.36 bits per heavy atom. The lowest BCUT2D eigenvalue weighted by Crippen LogP contribution is -2.26. The molecule has 3 N–H and O–H groups in total. The van der Waals surface area contributed by atoms with Crippen molar-refractivity contribution in [2.45, 2.75) is 51.7 Å². The Morgan fingerprint density at radius 3 is 2.77 bits per heavy atom. The highest BCUT2D eigenvalue weighted by molar-refractivity contribution is 5.92. The van der Waals surface area contributed by atoms with Gasteiger partial charge in [-0.05, 0) is 30.5 Å². The van der Waals surface area contributed by atoms with Crippen molar-refractivity contribution in [1.82, 2.24) is 0 Å². The second-order valence-electron chi connectivity index (χ2n) is 5.90. The molecule has 1 fully saturated rings. The molecule has 0 spiro atoms. The van der Waals surface area contributed by atoms with Gasteiger partial charge in [0.05, 0.1) is 12.7 Å². The molecule has 22 heavy (non-hydrogen) atoms. The Bertz CT molecular complexity index is 462. The molecule has 1 aliphatic rings. The number of hydrogen-bond acceptors (Lipinski definition) is 3. The summed E-state index contributed by atoms with van der Waals surface area (Å²) in [5.74, 6) is -0.213. The molecule has 124 valence electrons. The van der Waals surface area contributed by atoms with Gasteiger partial charge in [0, 0.05) is 18.2 Å². The fourth-order valence-corrected chi connectivity index (χ4v) is 2.56. The fraction of sp³-hybridized carbons (Fsp3) is 0.588. The number of hydrogen-bond donors (Lipinski definition) is 2. The normalized spacial score (nSPS) is 16.6. The zero-order chi connectivity index (χ0) is 15.1. The summed E-state index contributed by atoms with van der Waals surface area (Å²) in [6, 6.07) is 7.85. The van der Waals surface area contributed by atoms with Crippen molar-refractivity contribution in [3.8, 4) is 0 Å². The number of nitrogens with one attached hydrogen (secondary N) is 1. The molecule has 1 aromatic rings. The summed E-state index contributed by atoms with van der Waals surface area (Å²) in [5.41, 5.74) is 7.41. The third-order valence-electron chi connectivity index (χ3n) is 4.03. The SMILES string of the molecule is CC(CN)C(=O)Nc1cccc(COC2CCCCC2)c1.Cl. The number of ether oxygens (including phenoxy) is 1. The number of anilines is 1. The number of carbonyl (C=O) groups excluding carboxylic acids is 1. The third kappa shape index (κ3) is 5.95. The van der Waals surface area contributed by atoms with Crippen molar-refractivity contribution < 1.29 is 9.53 Å². The van der Waals surface area contributed by atoms with Crippen LogP contribution in [-0.4, -0.2) is 18.6 Å². The molecule has 1 unspecified atom stereocenters. The largest absolute Gasteiger partial charge is 0.374 e. The molecule has 0 aromatic heterocycles. The summed E-state index contributed by atoms with van der Waals surface area (Å²) in [7, 11) is 0. The fourth-order valence-electron chi connectivity index (χ4n) is 2.56. The van der Waals surface area contributed by atoms with Crippen LogP contribution in [0.5, 0.6) is 0 Å². The highest BCUT2D eigenvalue weighted by atomic mass is 35.5. The van der Waals surface area contributed by atoms with Crippen LogP contribution in [0.2, 0.25) is 0 Å². The summed E-state index contributed by atoms with van der Waals surface area (Å²) in [6.45, 7) is 2.79. The second kappa shape index (κ2) is 9.82. The third-order valence-corrected chi connectivity index (χ3v) is 4.03. The summed E-state index contributed by atoms with van der Waals surface area (Å²) < 4.78 is 5.96. The molecule has 0 saturated heterocycles. The molecule has 1 amide bonds. The summed E-state index contributed by atoms with van der Waals surface area (Å²) in [6.07, 6.45) is 6.62. The van der Waals surface area contributed by atoms with Crippen molar-refractivity contribution in [2.24, 2.45) is 11.7 Å². The maximum absolute atomic E-state index is 11.8. The minimum Gasteiger partial charge on any atom is -0.374 e. The molecule has 0 bridgehead atoms. The average Bonchev–Trinajstić information content (AvgIpc) is 2.53. The molecule has 1 atom stereocenters. The monoisotopic (exact) mass is 326 g/mol. The number of benzene rings is 1. The Kier molecular flexibility index (Phi) is 8.46. The topological polar surface area (TPSA) is 64.4 Å². The minimum absolute atomic E-state index is 0. The molecule has 1 saturated carbocycles. The lowest BCUT2D eigenvalue weighted by atomic mass is 9.98. The number of amides is 1. The predicted octanol–water partition coefficient (Wildman–Crippen LogP) is 3.49. The van der Waals surface area contributed by atoms with E-state index in [1.54, 1.807) is 0 Å². The van der Waals surface area contributed by atoms with E-state index in [9.17, 15) is 4.79 Å². The van der Waals surface area contributed by atoms with E-state index in [1.807, 2.05) is 31.2 Å². The van der Waals surface area contributed by atoms with Crippen LogP contribution < -0.4 is 11.1 Å². The zero-order valence-corrected chi connectivity index (χ0v) is 14.0. The molecular weight excluding hydrogens is 300 g/mol. The van der Waals surface area contributed by atoms with Gasteiger partial charge in [0.15, 0.2) is 0 Å². The van der Waals surface area contributed by atoms with Crippen molar-refractivity contribution in [1.29, 1.82) is 0 Å². The first-order valence-corrected chi connectivity index (χ1v) is 7.90. The van der Waals surface area contributed by atoms with Crippen molar-refractivity contribution in [2.75, 3.05) is 11.9 Å². The molecular formula is C17H27ClN2O2. The van der Waals surface area contributed by atoms with E-state index in [0.717, 1.165) is 11.3 Å². The standard InChI is InChI=1S/C17H26N2O2.ClH/c1-13(11-18)17(20)19-15-7-5-6-14(10-15)12-21-16-8-3-2-4-9-16;/h5-7,10,13,16H,2-4,8-9,11-12,18H2,1H3,(H,19,20);1H. The van der Waals surface area contributed by atoms with Crippen LogP contribution >= 0.6 is 12.4 Å². The van der Waals surface area contributed by atoms with Gasteiger partial charge in [0.25, 0.3) is 0 Å².